The normalized spacial score (nSPS) is 17.4. The topological polar surface area (TPSA) is 80.0 Å². The zero-order valence-corrected chi connectivity index (χ0v) is 15.8. The Morgan fingerprint density at radius 3 is 2.28 bits per heavy atom. The second-order valence-corrected chi connectivity index (χ2v) is 6.85. The quantitative estimate of drug-likeness (QED) is 0.780. The highest BCUT2D eigenvalue weighted by Gasteiger charge is 2.46. The number of anilines is 1. The van der Waals surface area contributed by atoms with Gasteiger partial charge in [0.15, 0.2) is 11.5 Å². The van der Waals surface area contributed by atoms with Gasteiger partial charge in [0.1, 0.15) is 23.3 Å². The van der Waals surface area contributed by atoms with Crippen LogP contribution in [0.25, 0.3) is 0 Å². The van der Waals surface area contributed by atoms with Gasteiger partial charge in [-0.3, -0.25) is 14.5 Å². The SMILES string of the molecule is Cc1ccc(C2C(C(=O)C(C)C)=C(O)C(=O)N2c2ccc(OC(F)(F)F)cc2)o1. The predicted molar refractivity (Wildman–Crippen MR) is 96.3 cm³/mol. The van der Waals surface area contributed by atoms with Gasteiger partial charge in [-0.05, 0) is 43.3 Å². The minimum absolute atomic E-state index is 0.116. The van der Waals surface area contributed by atoms with Gasteiger partial charge in [-0.1, -0.05) is 13.8 Å². The van der Waals surface area contributed by atoms with Gasteiger partial charge in [-0.15, -0.1) is 13.2 Å². The van der Waals surface area contributed by atoms with Crippen LogP contribution in [0.5, 0.6) is 5.75 Å². The van der Waals surface area contributed by atoms with Crippen molar-refractivity contribution < 1.29 is 37.0 Å². The van der Waals surface area contributed by atoms with Crippen LogP contribution >= 0.6 is 0 Å². The first kappa shape index (κ1) is 20.5. The van der Waals surface area contributed by atoms with E-state index >= 15 is 0 Å². The highest BCUT2D eigenvalue weighted by Crippen LogP contribution is 2.42. The lowest BCUT2D eigenvalue weighted by Gasteiger charge is -2.25. The van der Waals surface area contributed by atoms with E-state index in [1.165, 1.54) is 12.1 Å². The Labute approximate surface area is 164 Å². The summed E-state index contributed by atoms with van der Waals surface area (Å²) in [6.07, 6.45) is -4.85. The van der Waals surface area contributed by atoms with Gasteiger partial charge in [-0.2, -0.15) is 0 Å². The number of aryl methyl sites for hydroxylation is 1. The lowest BCUT2D eigenvalue weighted by molar-refractivity contribution is -0.274. The van der Waals surface area contributed by atoms with E-state index < -0.39 is 41.5 Å². The Morgan fingerprint density at radius 1 is 1.17 bits per heavy atom. The van der Waals surface area contributed by atoms with Crippen LogP contribution in [0.4, 0.5) is 18.9 Å². The van der Waals surface area contributed by atoms with Crippen molar-refractivity contribution in [1.82, 2.24) is 0 Å². The van der Waals surface area contributed by atoms with Gasteiger partial charge in [0.25, 0.3) is 5.91 Å². The molecule has 1 atom stereocenters. The van der Waals surface area contributed by atoms with E-state index in [1.54, 1.807) is 32.9 Å². The van der Waals surface area contributed by atoms with Gasteiger partial charge in [0.2, 0.25) is 0 Å². The van der Waals surface area contributed by atoms with E-state index in [4.69, 9.17) is 4.42 Å². The van der Waals surface area contributed by atoms with Crippen molar-refractivity contribution in [2.24, 2.45) is 5.92 Å². The third-order valence-electron chi connectivity index (χ3n) is 4.38. The molecule has 1 aliphatic heterocycles. The summed E-state index contributed by atoms with van der Waals surface area (Å²) in [5.41, 5.74) is 0.0525. The molecule has 0 spiro atoms. The van der Waals surface area contributed by atoms with E-state index in [1.807, 2.05) is 0 Å². The van der Waals surface area contributed by atoms with E-state index in [0.717, 1.165) is 17.0 Å². The minimum Gasteiger partial charge on any atom is -0.503 e. The third-order valence-corrected chi connectivity index (χ3v) is 4.38. The molecule has 0 fully saturated rings. The summed E-state index contributed by atoms with van der Waals surface area (Å²) < 4.78 is 46.6. The van der Waals surface area contributed by atoms with E-state index in [-0.39, 0.29) is 17.0 Å². The van der Waals surface area contributed by atoms with Crippen molar-refractivity contribution in [2.75, 3.05) is 4.90 Å². The Hall–Kier alpha value is -3.23. The van der Waals surface area contributed by atoms with Gasteiger partial charge >= 0.3 is 6.36 Å². The number of Topliss-reactive ketones (excluding diaryl/α,β-unsaturated/α-hetero) is 1. The van der Waals surface area contributed by atoms with Gasteiger partial charge < -0.3 is 14.3 Å². The third kappa shape index (κ3) is 3.98. The monoisotopic (exact) mass is 409 g/mol. The molecule has 0 radical (unpaired) electrons. The maximum Gasteiger partial charge on any atom is 0.573 e. The predicted octanol–water partition coefficient (Wildman–Crippen LogP) is 4.61. The molecule has 0 aliphatic carbocycles. The number of rotatable bonds is 5. The minimum atomic E-state index is -4.85. The zero-order valence-electron chi connectivity index (χ0n) is 15.8. The molecule has 2 aromatic rings. The largest absolute Gasteiger partial charge is 0.573 e. The van der Waals surface area contributed by atoms with Crippen LogP contribution in [0.2, 0.25) is 0 Å². The summed E-state index contributed by atoms with van der Waals surface area (Å²) in [6.45, 7) is 4.94. The Bertz CT molecular complexity index is 973. The number of amides is 1. The number of ketones is 1. The van der Waals surface area contributed by atoms with Crippen molar-refractivity contribution in [1.29, 1.82) is 0 Å². The van der Waals surface area contributed by atoms with Crippen molar-refractivity contribution in [3.05, 3.63) is 59.3 Å². The molecule has 0 saturated carbocycles. The Morgan fingerprint density at radius 2 is 1.79 bits per heavy atom. The molecule has 1 unspecified atom stereocenters. The maximum atomic E-state index is 12.8. The molecule has 3 rings (SSSR count). The highest BCUT2D eigenvalue weighted by atomic mass is 19.4. The molecule has 1 aromatic carbocycles. The fourth-order valence-electron chi connectivity index (χ4n) is 3.11. The molecule has 2 heterocycles. The first-order valence-corrected chi connectivity index (χ1v) is 8.72. The second kappa shape index (κ2) is 7.31. The van der Waals surface area contributed by atoms with E-state index in [2.05, 4.69) is 4.74 Å². The van der Waals surface area contributed by atoms with Crippen LogP contribution in [0.3, 0.4) is 0 Å². The molecule has 1 aliphatic rings. The molecule has 9 heteroatoms. The van der Waals surface area contributed by atoms with Gasteiger partial charge in [0.05, 0.1) is 5.57 Å². The molecule has 29 heavy (non-hydrogen) atoms. The van der Waals surface area contributed by atoms with Gasteiger partial charge in [-0.25, -0.2) is 0 Å². The summed E-state index contributed by atoms with van der Waals surface area (Å²) >= 11 is 0. The molecular formula is C20H18F3NO5. The number of carbonyl (C=O) groups is 2. The standard InChI is InChI=1S/C20H18F3NO5/c1-10(2)17(25)15-16(14-9-4-11(3)28-14)24(19(27)18(15)26)12-5-7-13(8-6-12)29-20(21,22)23/h4-10,16,26H,1-3H3. The number of furan rings is 1. The first-order chi connectivity index (χ1) is 13.5. The molecule has 154 valence electrons. The smallest absolute Gasteiger partial charge is 0.503 e. The number of carbonyl (C=O) groups excluding carboxylic acids is 2. The number of aliphatic hydroxyl groups excluding tert-OH is 1. The summed E-state index contributed by atoms with van der Waals surface area (Å²) in [6, 6.07) is 6.73. The number of benzene rings is 1. The Kier molecular flexibility index (Phi) is 5.16. The molecule has 1 amide bonds. The lowest BCUT2D eigenvalue weighted by Crippen LogP contribution is -2.31. The average molecular weight is 409 g/mol. The van der Waals surface area contributed by atoms with Crippen molar-refractivity contribution in [3.8, 4) is 5.75 Å². The highest BCUT2D eigenvalue weighted by molar-refractivity contribution is 6.16. The number of hydrogen-bond acceptors (Lipinski definition) is 5. The van der Waals surface area contributed by atoms with Crippen LogP contribution in [-0.2, 0) is 9.59 Å². The summed E-state index contributed by atoms with van der Waals surface area (Å²) in [5.74, 6) is -2.18. The first-order valence-electron chi connectivity index (χ1n) is 8.72. The number of ether oxygens (including phenoxy) is 1. The number of halogens is 3. The van der Waals surface area contributed by atoms with Crippen LogP contribution in [0.1, 0.15) is 31.4 Å². The van der Waals surface area contributed by atoms with E-state index in [0.29, 0.717) is 5.76 Å². The maximum absolute atomic E-state index is 12.8. The molecule has 1 aromatic heterocycles. The van der Waals surface area contributed by atoms with Crippen molar-refractivity contribution in [3.63, 3.8) is 0 Å². The molecular weight excluding hydrogens is 391 g/mol. The van der Waals surface area contributed by atoms with Crippen LogP contribution in [0.15, 0.2) is 52.1 Å². The average Bonchev–Trinajstić information content (AvgIpc) is 3.16. The molecule has 0 saturated heterocycles. The zero-order chi connectivity index (χ0) is 21.5. The summed E-state index contributed by atoms with van der Waals surface area (Å²) in [4.78, 5) is 26.6. The van der Waals surface area contributed by atoms with Crippen molar-refractivity contribution in [2.45, 2.75) is 33.2 Å². The van der Waals surface area contributed by atoms with E-state index in [9.17, 15) is 27.9 Å². The summed E-state index contributed by atoms with van der Waals surface area (Å²) in [5, 5.41) is 10.4. The Balaban J connectivity index is 2.05. The fourth-order valence-corrected chi connectivity index (χ4v) is 3.11. The summed E-state index contributed by atoms with van der Waals surface area (Å²) in [7, 11) is 0. The van der Waals surface area contributed by atoms with Gasteiger partial charge in [0, 0.05) is 11.6 Å². The molecule has 1 N–H and O–H groups in total. The van der Waals surface area contributed by atoms with Crippen molar-refractivity contribution >= 4 is 17.4 Å². The fraction of sp³-hybridized carbons (Fsp3) is 0.300. The lowest BCUT2D eigenvalue weighted by atomic mass is 9.94. The second-order valence-electron chi connectivity index (χ2n) is 6.85. The van der Waals surface area contributed by atoms with Crippen LogP contribution in [0, 0.1) is 12.8 Å². The number of alkyl halides is 3. The number of hydrogen-bond donors (Lipinski definition) is 1. The van der Waals surface area contributed by atoms with Crippen LogP contribution < -0.4 is 9.64 Å². The number of aliphatic hydroxyl groups is 1. The number of nitrogens with zero attached hydrogens (tertiary/aromatic N) is 1. The molecule has 0 bridgehead atoms. The molecule has 6 nitrogen and oxygen atoms in total. The van der Waals surface area contributed by atoms with Crippen LogP contribution in [-0.4, -0.2) is 23.2 Å².